The van der Waals surface area contributed by atoms with Crippen molar-refractivity contribution in [2.75, 3.05) is 18.2 Å². The second kappa shape index (κ2) is 10.1. The third kappa shape index (κ3) is 5.61. The quantitative estimate of drug-likeness (QED) is 0.431. The van der Waals surface area contributed by atoms with Gasteiger partial charge in [-0.15, -0.1) is 11.8 Å². The number of aliphatic carboxylic acids is 1. The molecule has 0 fully saturated rings. The van der Waals surface area contributed by atoms with Crippen LogP contribution >= 0.6 is 11.8 Å². The largest absolute Gasteiger partial charge is 0.481 e. The zero-order chi connectivity index (χ0) is 21.6. The van der Waals surface area contributed by atoms with Gasteiger partial charge in [0.2, 0.25) is 0 Å². The maximum atomic E-state index is 12.3. The monoisotopic (exact) mass is 409 g/mol. The van der Waals surface area contributed by atoms with Crippen LogP contribution in [0, 0.1) is 0 Å². The molecule has 2 aromatic rings. The molecule has 0 aliphatic rings. The number of anilines is 1. The van der Waals surface area contributed by atoms with Crippen molar-refractivity contribution in [3.8, 4) is 0 Å². The Kier molecular flexibility index (Phi) is 7.85. The molecule has 0 aliphatic carbocycles. The van der Waals surface area contributed by atoms with Gasteiger partial charge >= 0.3 is 5.97 Å². The van der Waals surface area contributed by atoms with Gasteiger partial charge < -0.3 is 10.0 Å². The molecule has 0 aliphatic heterocycles. The highest BCUT2D eigenvalue weighted by Gasteiger charge is 2.15. The van der Waals surface area contributed by atoms with Crippen LogP contribution in [0.1, 0.15) is 46.8 Å². The Morgan fingerprint density at radius 1 is 1.21 bits per heavy atom. The number of hydrogen-bond acceptors (Lipinski definition) is 4. The van der Waals surface area contributed by atoms with E-state index in [-0.39, 0.29) is 5.78 Å². The van der Waals surface area contributed by atoms with Crippen molar-refractivity contribution in [1.82, 2.24) is 0 Å². The molecule has 0 spiro atoms. The van der Waals surface area contributed by atoms with Gasteiger partial charge in [-0.3, -0.25) is 9.59 Å². The molecular weight excluding hydrogens is 382 g/mol. The van der Waals surface area contributed by atoms with Crippen LogP contribution < -0.4 is 4.90 Å². The molecule has 5 heteroatoms. The van der Waals surface area contributed by atoms with Crippen LogP contribution in [0.15, 0.2) is 61.2 Å². The summed E-state index contributed by atoms with van der Waals surface area (Å²) in [5.41, 5.74) is 4.38. The molecule has 1 unspecified atom stereocenters. The van der Waals surface area contributed by atoms with Crippen molar-refractivity contribution in [2.24, 2.45) is 0 Å². The topological polar surface area (TPSA) is 57.6 Å². The maximum Gasteiger partial charge on any atom is 0.310 e. The van der Waals surface area contributed by atoms with E-state index in [0.29, 0.717) is 12.1 Å². The fourth-order valence-corrected chi connectivity index (χ4v) is 3.69. The van der Waals surface area contributed by atoms with E-state index in [0.717, 1.165) is 27.3 Å². The number of carboxylic acid groups (broad SMARTS) is 1. The molecule has 1 atom stereocenters. The molecule has 2 rings (SSSR count). The highest BCUT2D eigenvalue weighted by Crippen LogP contribution is 2.28. The van der Waals surface area contributed by atoms with Crippen LogP contribution in [-0.2, 0) is 11.3 Å². The van der Waals surface area contributed by atoms with Crippen LogP contribution in [0.5, 0.6) is 0 Å². The highest BCUT2D eigenvalue weighted by molar-refractivity contribution is 8.07. The van der Waals surface area contributed by atoms with E-state index in [1.807, 2.05) is 66.7 Å². The first-order chi connectivity index (χ1) is 13.8. The van der Waals surface area contributed by atoms with Crippen molar-refractivity contribution < 1.29 is 14.7 Å². The highest BCUT2D eigenvalue weighted by atomic mass is 32.2. The Morgan fingerprint density at radius 3 is 2.38 bits per heavy atom. The number of hydrogen-bond donors (Lipinski definition) is 1. The van der Waals surface area contributed by atoms with Gasteiger partial charge in [0, 0.05) is 29.7 Å². The van der Waals surface area contributed by atoms with Gasteiger partial charge in [0.25, 0.3) is 0 Å². The molecule has 0 heterocycles. The molecule has 0 radical (unpaired) electrons. The second-order valence-electron chi connectivity index (χ2n) is 6.91. The summed E-state index contributed by atoms with van der Waals surface area (Å²) in [6, 6.07) is 13.5. The van der Waals surface area contributed by atoms with E-state index in [9.17, 15) is 9.59 Å². The summed E-state index contributed by atoms with van der Waals surface area (Å²) in [5.74, 6) is -1.35. The average Bonchev–Trinajstić information content (AvgIpc) is 2.71. The Labute approximate surface area is 176 Å². The molecule has 0 aromatic heterocycles. The number of allylic oxidation sites excluding steroid dienone is 2. The first kappa shape index (κ1) is 22.5. The molecule has 1 N–H and O–H groups in total. The maximum absolute atomic E-state index is 12.3. The molecule has 29 heavy (non-hydrogen) atoms. The smallest absolute Gasteiger partial charge is 0.310 e. The van der Waals surface area contributed by atoms with Crippen LogP contribution in [0.3, 0.4) is 0 Å². The number of Topliss-reactive ketones (excluding diaryl/α,β-unsaturated/α-hetero) is 1. The Bertz CT molecular complexity index is 932. The Hall–Kier alpha value is -2.79. The zero-order valence-corrected chi connectivity index (χ0v) is 18.1. The van der Waals surface area contributed by atoms with Crippen molar-refractivity contribution >= 4 is 34.1 Å². The predicted octanol–water partition coefficient (Wildman–Crippen LogP) is 5.60. The van der Waals surface area contributed by atoms with E-state index >= 15 is 0 Å². The fourth-order valence-electron chi connectivity index (χ4n) is 3.09. The summed E-state index contributed by atoms with van der Waals surface area (Å²) in [6.07, 6.45) is 5.69. The van der Waals surface area contributed by atoms with E-state index < -0.39 is 11.9 Å². The lowest BCUT2D eigenvalue weighted by Gasteiger charge is -2.22. The summed E-state index contributed by atoms with van der Waals surface area (Å²) >= 11 is 1.62. The predicted molar refractivity (Wildman–Crippen MR) is 123 cm³/mol. The molecule has 0 saturated carbocycles. The average molecular weight is 410 g/mol. The van der Waals surface area contributed by atoms with Crippen molar-refractivity contribution in [3.63, 3.8) is 0 Å². The number of thioether (sulfide) groups is 1. The van der Waals surface area contributed by atoms with Crippen LogP contribution in [-0.4, -0.2) is 30.2 Å². The molecule has 0 bridgehead atoms. The van der Waals surface area contributed by atoms with Crippen LogP contribution in [0.25, 0.3) is 4.91 Å². The first-order valence-corrected chi connectivity index (χ1v) is 10.6. The van der Waals surface area contributed by atoms with Crippen molar-refractivity contribution in [2.45, 2.75) is 26.3 Å². The minimum Gasteiger partial charge on any atom is -0.481 e. The van der Waals surface area contributed by atoms with Crippen LogP contribution in [0.4, 0.5) is 5.69 Å². The number of nitrogens with zero attached hydrogens (tertiary/aromatic N) is 1. The minimum absolute atomic E-state index is 0.0277. The van der Waals surface area contributed by atoms with Gasteiger partial charge in [0.15, 0.2) is 5.78 Å². The lowest BCUT2D eigenvalue weighted by Crippen LogP contribution is -2.18. The number of benzene rings is 2. The van der Waals surface area contributed by atoms with Crippen molar-refractivity contribution in [3.05, 3.63) is 83.4 Å². The van der Waals surface area contributed by atoms with E-state index in [2.05, 4.69) is 6.58 Å². The van der Waals surface area contributed by atoms with E-state index in [1.165, 1.54) is 0 Å². The third-order valence-corrected chi connectivity index (χ3v) is 5.69. The lowest BCUT2D eigenvalue weighted by molar-refractivity contribution is -0.138. The summed E-state index contributed by atoms with van der Waals surface area (Å²) in [6.45, 7) is 7.58. The van der Waals surface area contributed by atoms with E-state index in [4.69, 9.17) is 5.11 Å². The third-order valence-electron chi connectivity index (χ3n) is 4.87. The number of carbonyl (C=O) groups is 2. The molecule has 0 amide bonds. The summed E-state index contributed by atoms with van der Waals surface area (Å²) < 4.78 is 0. The zero-order valence-electron chi connectivity index (χ0n) is 17.3. The summed E-state index contributed by atoms with van der Waals surface area (Å²) in [5, 5.41) is 9.15. The number of ketones is 1. The summed E-state index contributed by atoms with van der Waals surface area (Å²) in [7, 11) is 1.96. The molecule has 2 aromatic carbocycles. The van der Waals surface area contributed by atoms with Gasteiger partial charge in [-0.25, -0.2) is 0 Å². The number of rotatable bonds is 9. The van der Waals surface area contributed by atoms with Crippen LogP contribution in [0.2, 0.25) is 0 Å². The van der Waals surface area contributed by atoms with Gasteiger partial charge in [-0.1, -0.05) is 36.9 Å². The minimum atomic E-state index is -0.840. The molecule has 0 saturated heterocycles. The van der Waals surface area contributed by atoms with Gasteiger partial charge in [0.05, 0.1) is 5.92 Å². The molecule has 152 valence electrons. The fraction of sp³-hybridized carbons (Fsp3) is 0.250. The Balaban J connectivity index is 2.28. The van der Waals surface area contributed by atoms with Gasteiger partial charge in [0.1, 0.15) is 0 Å². The number of carboxylic acids is 1. The lowest BCUT2D eigenvalue weighted by atomic mass is 9.99. The van der Waals surface area contributed by atoms with Crippen molar-refractivity contribution in [1.29, 1.82) is 0 Å². The Morgan fingerprint density at radius 2 is 1.86 bits per heavy atom. The standard InChI is InChI=1S/C24H27NO3S/c1-6-7-23(29-5)19-8-9-20(22(14-19)17(3)26)15-25(4)21-12-10-18(11-13-21)16(2)24(27)28/h6-14,16H,1,15H2,2-5H3,(H,27,28)/b23-7-. The SMILES string of the molecule is C=C/C=C(\SC)c1ccc(CN(C)c2ccc(C(C)C(=O)O)cc2)c(C(C)=O)c1. The second-order valence-corrected chi connectivity index (χ2v) is 7.75. The van der Waals surface area contributed by atoms with Gasteiger partial charge in [-0.05, 0) is 61.1 Å². The number of carbonyl (C=O) groups excluding carboxylic acids is 1. The van der Waals surface area contributed by atoms with E-state index in [1.54, 1.807) is 31.7 Å². The van der Waals surface area contributed by atoms with Gasteiger partial charge in [-0.2, -0.15) is 0 Å². The molecule has 4 nitrogen and oxygen atoms in total. The summed E-state index contributed by atoms with van der Waals surface area (Å²) in [4.78, 5) is 26.5. The molecular formula is C24H27NO3S. The first-order valence-electron chi connectivity index (χ1n) is 9.33. The normalized spacial score (nSPS) is 12.3.